The summed E-state index contributed by atoms with van der Waals surface area (Å²) in [6.07, 6.45) is -0.112. The van der Waals surface area contributed by atoms with E-state index in [2.05, 4.69) is 4.98 Å². The molecule has 0 aliphatic carbocycles. The van der Waals surface area contributed by atoms with Crippen molar-refractivity contribution in [3.63, 3.8) is 0 Å². The molecule has 1 fully saturated rings. The molecule has 0 bridgehead atoms. The van der Waals surface area contributed by atoms with E-state index in [1.807, 2.05) is 30.3 Å². The Bertz CT molecular complexity index is 933. The Morgan fingerprint density at radius 3 is 2.79 bits per heavy atom. The molecule has 24 heavy (non-hydrogen) atoms. The van der Waals surface area contributed by atoms with E-state index in [-0.39, 0.29) is 12.0 Å². The summed E-state index contributed by atoms with van der Waals surface area (Å²) in [7, 11) is 0. The monoisotopic (exact) mass is 324 g/mol. The third-order valence-electron chi connectivity index (χ3n) is 4.07. The predicted molar refractivity (Wildman–Crippen MR) is 88.3 cm³/mol. The summed E-state index contributed by atoms with van der Waals surface area (Å²) in [6, 6.07) is 12.6. The van der Waals surface area contributed by atoms with Crippen LogP contribution in [0.4, 0.5) is 0 Å². The van der Waals surface area contributed by atoms with E-state index in [1.54, 1.807) is 17.9 Å². The largest absolute Gasteiger partial charge is 0.486 e. The minimum Gasteiger partial charge on any atom is -0.486 e. The van der Waals surface area contributed by atoms with E-state index in [0.717, 1.165) is 10.9 Å². The number of rotatable bonds is 3. The second-order valence-corrected chi connectivity index (χ2v) is 5.94. The summed E-state index contributed by atoms with van der Waals surface area (Å²) in [4.78, 5) is 28.7. The van der Waals surface area contributed by atoms with Gasteiger partial charge in [-0.2, -0.15) is 0 Å². The van der Waals surface area contributed by atoms with Gasteiger partial charge in [0.2, 0.25) is 0 Å². The van der Waals surface area contributed by atoms with Crippen molar-refractivity contribution < 1.29 is 13.9 Å². The normalized spacial score (nSPS) is 14.6. The van der Waals surface area contributed by atoms with Crippen LogP contribution >= 0.6 is 0 Å². The number of nitrogens with one attached hydrogen (secondary N) is 1. The first-order valence-corrected chi connectivity index (χ1v) is 7.74. The number of carbonyl (C=O) groups excluding carboxylic acids is 1. The van der Waals surface area contributed by atoms with Gasteiger partial charge in [0.15, 0.2) is 0 Å². The molecular weight excluding hydrogens is 308 g/mol. The van der Waals surface area contributed by atoms with Gasteiger partial charge in [0, 0.05) is 17.0 Å². The summed E-state index contributed by atoms with van der Waals surface area (Å²) >= 11 is 0. The lowest BCUT2D eigenvalue weighted by atomic mass is 10.1. The minimum absolute atomic E-state index is 0.0465. The van der Waals surface area contributed by atoms with Crippen molar-refractivity contribution in [2.24, 2.45) is 0 Å². The van der Waals surface area contributed by atoms with Crippen molar-refractivity contribution in [1.29, 1.82) is 0 Å². The lowest BCUT2D eigenvalue weighted by molar-refractivity contribution is 0.0171. The molecule has 6 nitrogen and oxygen atoms in total. The summed E-state index contributed by atoms with van der Waals surface area (Å²) in [5, 5.41) is 1.01. The maximum absolute atomic E-state index is 12.5. The first kappa shape index (κ1) is 14.6. The highest BCUT2D eigenvalue weighted by Gasteiger charge is 2.33. The van der Waals surface area contributed by atoms with Gasteiger partial charge in [-0.25, -0.2) is 4.79 Å². The number of para-hydroxylation sites is 1. The minimum atomic E-state index is -0.435. The SMILES string of the molecule is Cc1cc(OC2CN(C(=O)c3cc4ccccc4[nH]3)C2)cc(=O)o1. The highest BCUT2D eigenvalue weighted by molar-refractivity contribution is 5.98. The highest BCUT2D eigenvalue weighted by atomic mass is 16.5. The van der Waals surface area contributed by atoms with E-state index in [1.165, 1.54) is 6.07 Å². The fourth-order valence-electron chi connectivity index (χ4n) is 2.87. The van der Waals surface area contributed by atoms with Crippen molar-refractivity contribution in [3.8, 4) is 5.75 Å². The first-order chi connectivity index (χ1) is 11.6. The molecule has 1 aliphatic heterocycles. The zero-order chi connectivity index (χ0) is 16.7. The average Bonchev–Trinajstić information content (AvgIpc) is 2.93. The number of carbonyl (C=O) groups is 1. The van der Waals surface area contributed by atoms with Crippen molar-refractivity contribution in [3.05, 3.63) is 64.3 Å². The molecule has 0 saturated carbocycles. The molecule has 1 aliphatic rings. The Morgan fingerprint density at radius 2 is 2.04 bits per heavy atom. The predicted octanol–water partition coefficient (Wildman–Crippen LogP) is 2.33. The zero-order valence-electron chi connectivity index (χ0n) is 13.1. The zero-order valence-corrected chi connectivity index (χ0v) is 13.1. The smallest absolute Gasteiger partial charge is 0.339 e. The Labute approximate surface area is 137 Å². The van der Waals surface area contributed by atoms with E-state index >= 15 is 0 Å². The molecule has 0 unspecified atom stereocenters. The molecule has 1 N–H and O–H groups in total. The number of aromatic amines is 1. The van der Waals surface area contributed by atoms with Gasteiger partial charge in [-0.3, -0.25) is 4.79 Å². The number of hydrogen-bond donors (Lipinski definition) is 1. The van der Waals surface area contributed by atoms with Gasteiger partial charge < -0.3 is 19.0 Å². The standard InChI is InChI=1S/C18H16N2O4/c1-11-6-13(8-17(21)23-11)24-14-9-20(10-14)18(22)16-7-12-4-2-3-5-15(12)19-16/h2-8,14,19H,9-10H2,1H3. The molecule has 6 heteroatoms. The number of ether oxygens (including phenoxy) is 1. The molecular formula is C18H16N2O4. The molecule has 0 radical (unpaired) electrons. The molecule has 1 amide bonds. The van der Waals surface area contributed by atoms with Gasteiger partial charge in [-0.1, -0.05) is 18.2 Å². The summed E-state index contributed by atoms with van der Waals surface area (Å²) in [5.41, 5.74) is 1.09. The number of hydrogen-bond acceptors (Lipinski definition) is 4. The molecule has 3 heterocycles. The van der Waals surface area contributed by atoms with Gasteiger partial charge in [0.1, 0.15) is 23.3 Å². The van der Waals surface area contributed by atoms with Gasteiger partial charge in [0.05, 0.1) is 19.2 Å². The van der Waals surface area contributed by atoms with Crippen LogP contribution in [0.1, 0.15) is 16.2 Å². The van der Waals surface area contributed by atoms with Crippen LogP contribution in [-0.4, -0.2) is 35.0 Å². The lowest BCUT2D eigenvalue weighted by Gasteiger charge is -2.38. The van der Waals surface area contributed by atoms with Gasteiger partial charge in [-0.15, -0.1) is 0 Å². The van der Waals surface area contributed by atoms with Crippen LogP contribution in [-0.2, 0) is 0 Å². The third-order valence-corrected chi connectivity index (χ3v) is 4.07. The summed E-state index contributed by atoms with van der Waals surface area (Å²) < 4.78 is 10.6. The van der Waals surface area contributed by atoms with Gasteiger partial charge in [0.25, 0.3) is 5.91 Å². The highest BCUT2D eigenvalue weighted by Crippen LogP contribution is 2.21. The Kier molecular flexibility index (Phi) is 3.37. The number of fused-ring (bicyclic) bond motifs is 1. The van der Waals surface area contributed by atoms with Crippen molar-refractivity contribution >= 4 is 16.8 Å². The fourth-order valence-corrected chi connectivity index (χ4v) is 2.87. The molecule has 2 aromatic heterocycles. The molecule has 0 atom stereocenters. The van der Waals surface area contributed by atoms with Crippen LogP contribution in [0.15, 0.2) is 51.7 Å². The Morgan fingerprint density at radius 1 is 1.25 bits per heavy atom. The van der Waals surface area contributed by atoms with Crippen LogP contribution in [0.3, 0.4) is 0 Å². The van der Waals surface area contributed by atoms with Crippen LogP contribution in [0.5, 0.6) is 5.75 Å². The Balaban J connectivity index is 1.41. The number of H-pyrrole nitrogens is 1. The topological polar surface area (TPSA) is 75.5 Å². The van der Waals surface area contributed by atoms with E-state index in [4.69, 9.17) is 9.15 Å². The van der Waals surface area contributed by atoms with Crippen molar-refractivity contribution in [1.82, 2.24) is 9.88 Å². The van der Waals surface area contributed by atoms with E-state index < -0.39 is 5.63 Å². The second kappa shape index (κ2) is 5.56. The quantitative estimate of drug-likeness (QED) is 0.802. The lowest BCUT2D eigenvalue weighted by Crippen LogP contribution is -2.56. The molecule has 3 aromatic rings. The van der Waals surface area contributed by atoms with E-state index in [9.17, 15) is 9.59 Å². The first-order valence-electron chi connectivity index (χ1n) is 7.74. The number of aromatic nitrogens is 1. The van der Waals surface area contributed by atoms with Gasteiger partial charge >= 0.3 is 5.63 Å². The second-order valence-electron chi connectivity index (χ2n) is 5.94. The number of amides is 1. The van der Waals surface area contributed by atoms with Gasteiger partial charge in [-0.05, 0) is 19.1 Å². The Hall–Kier alpha value is -3.02. The maximum Gasteiger partial charge on any atom is 0.339 e. The number of aryl methyl sites for hydroxylation is 1. The van der Waals surface area contributed by atoms with Crippen LogP contribution < -0.4 is 10.4 Å². The van der Waals surface area contributed by atoms with Crippen molar-refractivity contribution in [2.75, 3.05) is 13.1 Å². The number of likely N-dealkylation sites (tertiary alicyclic amines) is 1. The van der Waals surface area contributed by atoms with E-state index in [0.29, 0.717) is 30.3 Å². The number of nitrogens with zero attached hydrogens (tertiary/aromatic N) is 1. The molecule has 122 valence electrons. The third kappa shape index (κ3) is 2.67. The maximum atomic E-state index is 12.5. The van der Waals surface area contributed by atoms with Crippen LogP contribution in [0.2, 0.25) is 0 Å². The molecule has 0 spiro atoms. The van der Waals surface area contributed by atoms with Crippen molar-refractivity contribution in [2.45, 2.75) is 13.0 Å². The average molecular weight is 324 g/mol. The molecule has 1 saturated heterocycles. The van der Waals surface area contributed by atoms with Crippen LogP contribution in [0, 0.1) is 6.92 Å². The fraction of sp³-hybridized carbons (Fsp3) is 0.222. The molecule has 1 aromatic carbocycles. The summed E-state index contributed by atoms with van der Waals surface area (Å²) in [6.45, 7) is 2.68. The summed E-state index contributed by atoms with van der Waals surface area (Å²) in [5.74, 6) is 0.934. The number of benzene rings is 1. The molecule has 4 rings (SSSR count). The van der Waals surface area contributed by atoms with Crippen LogP contribution in [0.25, 0.3) is 10.9 Å².